The van der Waals surface area contributed by atoms with E-state index in [9.17, 15) is 18.0 Å². The van der Waals surface area contributed by atoms with Crippen molar-refractivity contribution in [3.8, 4) is 0 Å². The second-order valence-electron chi connectivity index (χ2n) is 9.62. The fourth-order valence-corrected chi connectivity index (χ4v) is 6.22. The third-order valence-corrected chi connectivity index (χ3v) is 8.80. The highest BCUT2D eigenvalue weighted by Crippen LogP contribution is 2.31. The molecule has 0 spiro atoms. The highest BCUT2D eigenvalue weighted by atomic mass is 35.5. The summed E-state index contributed by atoms with van der Waals surface area (Å²) in [5, 5.41) is 3.41. The molecule has 0 aromatic heterocycles. The van der Waals surface area contributed by atoms with Crippen LogP contribution in [0.25, 0.3) is 0 Å². The van der Waals surface area contributed by atoms with Gasteiger partial charge in [0.1, 0.15) is 0 Å². The second-order valence-corrected chi connectivity index (χ2v) is 11.9. The zero-order valence-electron chi connectivity index (χ0n) is 21.9. The van der Waals surface area contributed by atoms with Crippen LogP contribution in [0.5, 0.6) is 0 Å². The molecular weight excluding hydrogens is 546 g/mol. The molecule has 1 aliphatic heterocycles. The molecule has 0 atom stereocenters. The average Bonchev–Trinajstić information content (AvgIpc) is 3.39. The topological polar surface area (TPSA) is 86.8 Å². The smallest absolute Gasteiger partial charge is 0.264 e. The Bertz CT molecular complexity index is 1640. The lowest BCUT2D eigenvalue weighted by Crippen LogP contribution is -2.32. The molecular formula is C31H28ClN3O4S. The zero-order valence-corrected chi connectivity index (χ0v) is 23.5. The third-order valence-electron chi connectivity index (χ3n) is 6.78. The standard InChI is InChI=1S/C31H28ClN3O4S/c1-22-8-18-27(19-9-22)40(38,39)35(21-23-10-12-24(32)13-11-23)29-6-3-2-5-28(29)31(37)33-25-14-16-26(17-15-25)34-20-4-7-30(34)36/h2-3,5-6,8-19H,4,7,20-21H2,1H3,(H,33,37). The SMILES string of the molecule is Cc1ccc(S(=O)(=O)N(Cc2ccc(Cl)cc2)c2ccccc2C(=O)Nc2ccc(N3CCCC3=O)cc2)cc1. The van der Waals surface area contributed by atoms with Gasteiger partial charge >= 0.3 is 0 Å². The average molecular weight is 574 g/mol. The Balaban J connectivity index is 1.48. The maximum Gasteiger partial charge on any atom is 0.264 e. The predicted molar refractivity (Wildman–Crippen MR) is 158 cm³/mol. The number of nitrogens with zero attached hydrogens (tertiary/aromatic N) is 2. The molecule has 0 bridgehead atoms. The van der Waals surface area contributed by atoms with Crippen LogP contribution in [0.3, 0.4) is 0 Å². The zero-order chi connectivity index (χ0) is 28.3. The summed E-state index contributed by atoms with van der Waals surface area (Å²) >= 11 is 6.06. The summed E-state index contributed by atoms with van der Waals surface area (Å²) < 4.78 is 29.2. The van der Waals surface area contributed by atoms with Crippen LogP contribution in [0.4, 0.5) is 17.1 Å². The van der Waals surface area contributed by atoms with Gasteiger partial charge in [-0.15, -0.1) is 0 Å². The number of rotatable bonds is 8. The van der Waals surface area contributed by atoms with E-state index >= 15 is 0 Å². The Morgan fingerprint density at radius 3 is 2.25 bits per heavy atom. The van der Waals surface area contributed by atoms with E-state index in [4.69, 9.17) is 11.6 Å². The second kappa shape index (κ2) is 11.5. The summed E-state index contributed by atoms with van der Waals surface area (Å²) in [4.78, 5) is 27.4. The molecule has 0 saturated carbocycles. The molecule has 1 saturated heterocycles. The van der Waals surface area contributed by atoms with Gasteiger partial charge in [0, 0.05) is 29.4 Å². The predicted octanol–water partition coefficient (Wildman–Crippen LogP) is 6.42. The number of benzene rings is 4. The van der Waals surface area contributed by atoms with Gasteiger partial charge < -0.3 is 10.2 Å². The van der Waals surface area contributed by atoms with Gasteiger partial charge in [-0.2, -0.15) is 0 Å². The van der Waals surface area contributed by atoms with E-state index in [0.717, 1.165) is 17.7 Å². The number of hydrogen-bond donors (Lipinski definition) is 1. The molecule has 1 aliphatic rings. The molecule has 0 aliphatic carbocycles. The molecule has 5 rings (SSSR count). The summed E-state index contributed by atoms with van der Waals surface area (Å²) in [6.07, 6.45) is 1.36. The molecule has 204 valence electrons. The van der Waals surface area contributed by atoms with Crippen molar-refractivity contribution in [2.45, 2.75) is 31.2 Å². The van der Waals surface area contributed by atoms with Crippen LogP contribution in [0, 0.1) is 6.92 Å². The van der Waals surface area contributed by atoms with E-state index < -0.39 is 15.9 Å². The number of nitrogens with one attached hydrogen (secondary N) is 1. The number of para-hydroxylation sites is 1. The lowest BCUT2D eigenvalue weighted by Gasteiger charge is -2.27. The quantitative estimate of drug-likeness (QED) is 0.263. The van der Waals surface area contributed by atoms with Crippen LogP contribution in [-0.2, 0) is 21.4 Å². The first-order chi connectivity index (χ1) is 19.2. The molecule has 1 fully saturated rings. The van der Waals surface area contributed by atoms with Gasteiger partial charge in [-0.1, -0.05) is 53.6 Å². The number of hydrogen-bond acceptors (Lipinski definition) is 4. The maximum absolute atomic E-state index is 14.0. The molecule has 1 heterocycles. The highest BCUT2D eigenvalue weighted by molar-refractivity contribution is 7.92. The van der Waals surface area contributed by atoms with E-state index in [1.54, 1.807) is 102 Å². The summed E-state index contributed by atoms with van der Waals surface area (Å²) in [6.45, 7) is 2.56. The fourth-order valence-electron chi connectivity index (χ4n) is 4.62. The Labute approximate surface area is 239 Å². The summed E-state index contributed by atoms with van der Waals surface area (Å²) in [5.74, 6) is -0.373. The van der Waals surface area contributed by atoms with Gasteiger partial charge in [0.05, 0.1) is 22.7 Å². The van der Waals surface area contributed by atoms with Gasteiger partial charge in [0.15, 0.2) is 0 Å². The van der Waals surface area contributed by atoms with Crippen molar-refractivity contribution >= 4 is 50.5 Å². The van der Waals surface area contributed by atoms with Crippen molar-refractivity contribution in [2.75, 3.05) is 21.1 Å². The van der Waals surface area contributed by atoms with Crippen molar-refractivity contribution < 1.29 is 18.0 Å². The van der Waals surface area contributed by atoms with Crippen molar-refractivity contribution in [3.05, 3.63) is 119 Å². The van der Waals surface area contributed by atoms with Crippen molar-refractivity contribution in [1.82, 2.24) is 0 Å². The molecule has 0 unspecified atom stereocenters. The number of sulfonamides is 1. The molecule has 7 nitrogen and oxygen atoms in total. The Morgan fingerprint density at radius 2 is 1.60 bits per heavy atom. The van der Waals surface area contributed by atoms with E-state index in [2.05, 4.69) is 5.32 Å². The first-order valence-electron chi connectivity index (χ1n) is 12.9. The monoisotopic (exact) mass is 573 g/mol. The largest absolute Gasteiger partial charge is 0.322 e. The van der Waals surface area contributed by atoms with E-state index in [-0.39, 0.29) is 28.6 Å². The van der Waals surface area contributed by atoms with Crippen molar-refractivity contribution in [2.24, 2.45) is 0 Å². The number of anilines is 3. The van der Waals surface area contributed by atoms with E-state index in [1.165, 1.54) is 4.31 Å². The minimum Gasteiger partial charge on any atom is -0.322 e. The van der Waals surface area contributed by atoms with Crippen LogP contribution in [0.1, 0.15) is 34.3 Å². The molecule has 9 heteroatoms. The van der Waals surface area contributed by atoms with Gasteiger partial charge in [-0.25, -0.2) is 8.42 Å². The summed E-state index contributed by atoms with van der Waals surface area (Å²) in [5.41, 5.74) is 3.39. The Kier molecular flexibility index (Phi) is 7.91. The summed E-state index contributed by atoms with van der Waals surface area (Å²) in [7, 11) is -4.05. The van der Waals surface area contributed by atoms with Crippen molar-refractivity contribution in [1.29, 1.82) is 0 Å². The molecule has 4 aromatic carbocycles. The van der Waals surface area contributed by atoms with Crippen LogP contribution in [0.15, 0.2) is 102 Å². The molecule has 2 amide bonds. The molecule has 0 radical (unpaired) electrons. The van der Waals surface area contributed by atoms with E-state index in [0.29, 0.717) is 29.2 Å². The van der Waals surface area contributed by atoms with Gasteiger partial charge in [0.25, 0.3) is 15.9 Å². The number of carbonyl (C=O) groups excluding carboxylic acids is 2. The first kappa shape index (κ1) is 27.4. The van der Waals surface area contributed by atoms with Gasteiger partial charge in [-0.05, 0) is 79.6 Å². The van der Waals surface area contributed by atoms with Crippen LogP contribution in [-0.4, -0.2) is 26.8 Å². The van der Waals surface area contributed by atoms with Gasteiger partial charge in [0.2, 0.25) is 5.91 Å². The lowest BCUT2D eigenvalue weighted by molar-refractivity contribution is -0.117. The van der Waals surface area contributed by atoms with Crippen LogP contribution >= 0.6 is 11.6 Å². The number of halogens is 1. The fraction of sp³-hybridized carbons (Fsp3) is 0.161. The molecule has 4 aromatic rings. The minimum absolute atomic E-state index is 0.00374. The molecule has 1 N–H and O–H groups in total. The normalized spacial score (nSPS) is 13.3. The number of carbonyl (C=O) groups is 2. The number of amides is 2. The van der Waals surface area contributed by atoms with Gasteiger partial charge in [-0.3, -0.25) is 13.9 Å². The van der Waals surface area contributed by atoms with Crippen LogP contribution < -0.4 is 14.5 Å². The summed E-state index contributed by atoms with van der Waals surface area (Å²) in [6, 6.07) is 27.2. The molecule has 40 heavy (non-hydrogen) atoms. The van der Waals surface area contributed by atoms with Crippen molar-refractivity contribution in [3.63, 3.8) is 0 Å². The number of aryl methyl sites for hydroxylation is 1. The maximum atomic E-state index is 14.0. The Morgan fingerprint density at radius 1 is 0.925 bits per heavy atom. The third kappa shape index (κ3) is 5.88. The van der Waals surface area contributed by atoms with Crippen LogP contribution in [0.2, 0.25) is 5.02 Å². The highest BCUT2D eigenvalue weighted by Gasteiger charge is 2.29. The Hall–Kier alpha value is -4.14. The first-order valence-corrected chi connectivity index (χ1v) is 14.7. The minimum atomic E-state index is -4.05. The lowest BCUT2D eigenvalue weighted by atomic mass is 10.1. The van der Waals surface area contributed by atoms with E-state index in [1.807, 2.05) is 6.92 Å².